The second-order valence-corrected chi connectivity index (χ2v) is 6.94. The van der Waals surface area contributed by atoms with Crippen LogP contribution < -0.4 is 5.73 Å². The van der Waals surface area contributed by atoms with E-state index in [1.807, 2.05) is 0 Å². The lowest BCUT2D eigenvalue weighted by Crippen LogP contribution is -2.26. The predicted molar refractivity (Wildman–Crippen MR) is 89.2 cm³/mol. The molecule has 0 bridgehead atoms. The van der Waals surface area contributed by atoms with Crippen molar-refractivity contribution in [2.45, 2.75) is 29.1 Å². The topological polar surface area (TPSA) is 52.3 Å². The van der Waals surface area contributed by atoms with E-state index in [1.54, 1.807) is 36.0 Å². The number of nitrogens with two attached hydrogens (primary N) is 1. The Hall–Kier alpha value is -2.01. The number of amides is 1. The molecule has 3 unspecified atom stereocenters. The van der Waals surface area contributed by atoms with E-state index < -0.39 is 5.91 Å². The molecule has 1 aromatic rings. The molecule has 1 amide bonds. The number of ether oxygens (including phenoxy) is 1. The van der Waals surface area contributed by atoms with Crippen molar-refractivity contribution in [2.24, 2.45) is 11.7 Å². The number of hydrogen-bond acceptors (Lipinski definition) is 3. The average molecular weight is 331 g/mol. The van der Waals surface area contributed by atoms with Crippen LogP contribution >= 0.6 is 11.8 Å². The van der Waals surface area contributed by atoms with Gasteiger partial charge in [-0.2, -0.15) is 0 Å². The molecule has 1 heterocycles. The summed E-state index contributed by atoms with van der Waals surface area (Å²) in [6, 6.07) is 6.57. The molecule has 0 saturated carbocycles. The molecule has 0 fully saturated rings. The van der Waals surface area contributed by atoms with Gasteiger partial charge in [0, 0.05) is 21.6 Å². The summed E-state index contributed by atoms with van der Waals surface area (Å²) in [7, 11) is 0. The van der Waals surface area contributed by atoms with Crippen LogP contribution in [0.2, 0.25) is 0 Å². The SMILES string of the molecule is NC(=O)C1=CC(C2C=CC(Sc3ccc(F)cc3)CC2)OC=C1. The zero-order chi connectivity index (χ0) is 16.2. The molecule has 3 rings (SSSR count). The highest BCUT2D eigenvalue weighted by Gasteiger charge is 2.25. The molecule has 3 nitrogen and oxygen atoms in total. The van der Waals surface area contributed by atoms with Crippen molar-refractivity contribution < 1.29 is 13.9 Å². The molecule has 0 spiro atoms. The van der Waals surface area contributed by atoms with Crippen LogP contribution in [0, 0.1) is 11.7 Å². The quantitative estimate of drug-likeness (QED) is 0.858. The summed E-state index contributed by atoms with van der Waals surface area (Å²) in [5.74, 6) is -0.411. The average Bonchev–Trinajstić information content (AvgIpc) is 2.58. The second-order valence-electron chi connectivity index (χ2n) is 5.63. The largest absolute Gasteiger partial charge is 0.493 e. The van der Waals surface area contributed by atoms with Gasteiger partial charge in [0.05, 0.1) is 6.26 Å². The van der Waals surface area contributed by atoms with Crippen molar-refractivity contribution in [3.8, 4) is 0 Å². The molecule has 23 heavy (non-hydrogen) atoms. The maximum Gasteiger partial charge on any atom is 0.248 e. The molecule has 120 valence electrons. The zero-order valence-electron chi connectivity index (χ0n) is 12.5. The van der Waals surface area contributed by atoms with E-state index in [9.17, 15) is 9.18 Å². The fourth-order valence-corrected chi connectivity index (χ4v) is 3.81. The van der Waals surface area contributed by atoms with Gasteiger partial charge in [0.1, 0.15) is 11.9 Å². The molecule has 0 radical (unpaired) electrons. The highest BCUT2D eigenvalue weighted by molar-refractivity contribution is 8.00. The minimum atomic E-state index is -0.431. The maximum absolute atomic E-state index is 12.9. The summed E-state index contributed by atoms with van der Waals surface area (Å²) in [5, 5.41) is 0.371. The Kier molecular flexibility index (Phi) is 4.86. The smallest absolute Gasteiger partial charge is 0.248 e. The summed E-state index contributed by atoms with van der Waals surface area (Å²) >= 11 is 1.73. The van der Waals surface area contributed by atoms with E-state index in [1.165, 1.54) is 18.4 Å². The van der Waals surface area contributed by atoms with Crippen LogP contribution in [0.1, 0.15) is 12.8 Å². The molecular formula is C18H18FNO2S. The number of carbonyl (C=O) groups excluding carboxylic acids is 1. The summed E-state index contributed by atoms with van der Waals surface area (Å²) in [6.45, 7) is 0. The van der Waals surface area contributed by atoms with Gasteiger partial charge in [-0.05, 0) is 49.3 Å². The van der Waals surface area contributed by atoms with Crippen molar-refractivity contribution in [3.63, 3.8) is 0 Å². The summed E-state index contributed by atoms with van der Waals surface area (Å²) in [4.78, 5) is 12.3. The Labute approximate surface area is 139 Å². The van der Waals surface area contributed by atoms with Crippen LogP contribution in [0.25, 0.3) is 0 Å². The predicted octanol–water partition coefficient (Wildman–Crippen LogP) is 3.58. The van der Waals surface area contributed by atoms with Gasteiger partial charge in [-0.3, -0.25) is 4.79 Å². The van der Waals surface area contributed by atoms with E-state index in [2.05, 4.69) is 12.2 Å². The minimum Gasteiger partial charge on any atom is -0.493 e. The van der Waals surface area contributed by atoms with Gasteiger partial charge in [-0.15, -0.1) is 11.8 Å². The second kappa shape index (κ2) is 7.04. The fraction of sp³-hybridized carbons (Fsp3) is 0.278. The monoisotopic (exact) mass is 331 g/mol. The van der Waals surface area contributed by atoms with Crippen LogP contribution in [-0.4, -0.2) is 17.3 Å². The lowest BCUT2D eigenvalue weighted by molar-refractivity contribution is -0.114. The normalized spacial score (nSPS) is 26.5. The van der Waals surface area contributed by atoms with Crippen molar-refractivity contribution in [2.75, 3.05) is 0 Å². The van der Waals surface area contributed by atoms with Crippen molar-refractivity contribution in [1.29, 1.82) is 0 Å². The van der Waals surface area contributed by atoms with Gasteiger partial charge in [-0.1, -0.05) is 12.2 Å². The Morgan fingerprint density at radius 1 is 1.22 bits per heavy atom. The van der Waals surface area contributed by atoms with Gasteiger partial charge in [-0.25, -0.2) is 4.39 Å². The zero-order valence-corrected chi connectivity index (χ0v) is 13.3. The summed E-state index contributed by atoms with van der Waals surface area (Å²) < 4.78 is 18.5. The van der Waals surface area contributed by atoms with Crippen LogP contribution in [0.3, 0.4) is 0 Å². The molecule has 0 aromatic heterocycles. The molecule has 2 N–H and O–H groups in total. The first-order valence-corrected chi connectivity index (χ1v) is 8.44. The lowest BCUT2D eigenvalue weighted by Gasteiger charge is -2.28. The van der Waals surface area contributed by atoms with E-state index in [0.29, 0.717) is 10.8 Å². The van der Waals surface area contributed by atoms with E-state index >= 15 is 0 Å². The van der Waals surface area contributed by atoms with Crippen LogP contribution in [-0.2, 0) is 9.53 Å². The number of primary amides is 1. The Balaban J connectivity index is 1.61. The van der Waals surface area contributed by atoms with Gasteiger partial charge in [0.2, 0.25) is 5.91 Å². The third-order valence-electron chi connectivity index (χ3n) is 3.99. The minimum absolute atomic E-state index is 0.143. The highest BCUT2D eigenvalue weighted by Crippen LogP contribution is 2.34. The van der Waals surface area contributed by atoms with Gasteiger partial charge in [0.25, 0.3) is 0 Å². The van der Waals surface area contributed by atoms with Gasteiger partial charge in [0.15, 0.2) is 0 Å². The first-order chi connectivity index (χ1) is 11.1. The maximum atomic E-state index is 12.9. The molecule has 1 aliphatic heterocycles. The number of rotatable bonds is 4. The highest BCUT2D eigenvalue weighted by atomic mass is 32.2. The molecule has 0 saturated heterocycles. The molecule has 1 aromatic carbocycles. The number of halogens is 1. The molecule has 1 aliphatic carbocycles. The summed E-state index contributed by atoms with van der Waals surface area (Å²) in [5.41, 5.74) is 5.81. The number of benzene rings is 1. The number of hydrogen-bond donors (Lipinski definition) is 1. The van der Waals surface area contributed by atoms with Crippen LogP contribution in [0.5, 0.6) is 0 Å². The van der Waals surface area contributed by atoms with Crippen LogP contribution in [0.15, 0.2) is 65.3 Å². The van der Waals surface area contributed by atoms with E-state index in [0.717, 1.165) is 17.7 Å². The Bertz CT molecular complexity index is 666. The van der Waals surface area contributed by atoms with E-state index in [4.69, 9.17) is 10.5 Å². The first-order valence-electron chi connectivity index (χ1n) is 7.56. The number of thioether (sulfide) groups is 1. The molecule has 2 aliphatic rings. The lowest BCUT2D eigenvalue weighted by atomic mass is 9.89. The Morgan fingerprint density at radius 3 is 2.65 bits per heavy atom. The molecular weight excluding hydrogens is 313 g/mol. The summed E-state index contributed by atoms with van der Waals surface area (Å²) in [6.07, 6.45) is 11.1. The third-order valence-corrected chi connectivity index (χ3v) is 5.23. The third kappa shape index (κ3) is 4.05. The van der Waals surface area contributed by atoms with Crippen LogP contribution in [0.4, 0.5) is 4.39 Å². The molecule has 3 atom stereocenters. The standard InChI is InChI=1S/C18H18FNO2S/c19-14-3-7-16(8-4-14)23-15-5-1-12(2-6-15)17-11-13(18(20)21)9-10-22-17/h1,3-5,7-12,15,17H,2,6H2,(H2,20,21). The van der Waals surface area contributed by atoms with Gasteiger partial charge >= 0.3 is 0 Å². The van der Waals surface area contributed by atoms with Crippen molar-refractivity contribution >= 4 is 17.7 Å². The van der Waals surface area contributed by atoms with Gasteiger partial charge < -0.3 is 10.5 Å². The van der Waals surface area contributed by atoms with Crippen molar-refractivity contribution in [1.82, 2.24) is 0 Å². The molecule has 5 heteroatoms. The Morgan fingerprint density at radius 2 is 2.00 bits per heavy atom. The van der Waals surface area contributed by atoms with Crippen molar-refractivity contribution in [3.05, 3.63) is 66.2 Å². The van der Waals surface area contributed by atoms with E-state index in [-0.39, 0.29) is 17.8 Å². The fourth-order valence-electron chi connectivity index (χ4n) is 2.74. The first kappa shape index (κ1) is 15.9. The number of carbonyl (C=O) groups is 1.